The van der Waals surface area contributed by atoms with Gasteiger partial charge in [-0.3, -0.25) is 0 Å². The third-order valence-electron chi connectivity index (χ3n) is 5.60. The molecule has 0 saturated heterocycles. The maximum absolute atomic E-state index is 6.16. The van der Waals surface area contributed by atoms with Crippen LogP contribution in [0.2, 0.25) is 0 Å². The fourth-order valence-corrected chi connectivity index (χ4v) is 5.10. The average molecular weight is 423 g/mol. The molecule has 1 aromatic carbocycles. The second kappa shape index (κ2) is 7.03. The molecule has 156 valence electrons. The number of ether oxygens (including phenoxy) is 2. The van der Waals surface area contributed by atoms with Gasteiger partial charge >= 0.3 is 0 Å². The summed E-state index contributed by atoms with van der Waals surface area (Å²) in [5.74, 6) is 1.95. The Morgan fingerprint density at radius 2 is 2.13 bits per heavy atom. The molecule has 5 rings (SSSR count). The van der Waals surface area contributed by atoms with Crippen LogP contribution in [0.15, 0.2) is 24.5 Å². The maximum atomic E-state index is 6.16. The quantitative estimate of drug-likeness (QED) is 0.452. The second-order valence-corrected chi connectivity index (χ2v) is 10.0. The Kier molecular flexibility index (Phi) is 4.56. The van der Waals surface area contributed by atoms with Crippen molar-refractivity contribution < 1.29 is 9.47 Å². The molecule has 7 heteroatoms. The van der Waals surface area contributed by atoms with Crippen LogP contribution < -0.4 is 4.74 Å². The van der Waals surface area contributed by atoms with Crippen molar-refractivity contribution in [2.24, 2.45) is 0 Å². The van der Waals surface area contributed by atoms with Crippen LogP contribution in [-0.2, 0) is 24.4 Å². The summed E-state index contributed by atoms with van der Waals surface area (Å²) in [7, 11) is 0. The van der Waals surface area contributed by atoms with Gasteiger partial charge in [-0.2, -0.15) is 0 Å². The molecule has 0 fully saturated rings. The smallest absolute Gasteiger partial charge is 0.189 e. The van der Waals surface area contributed by atoms with E-state index in [0.29, 0.717) is 25.0 Å². The Morgan fingerprint density at radius 1 is 1.30 bits per heavy atom. The lowest BCUT2D eigenvalue weighted by Gasteiger charge is -2.30. The molecule has 4 aromatic rings. The largest absolute Gasteiger partial charge is 0.485 e. The molecule has 6 nitrogen and oxygen atoms in total. The van der Waals surface area contributed by atoms with Crippen LogP contribution in [-0.4, -0.2) is 25.2 Å². The molecule has 0 amide bonds. The second-order valence-electron chi connectivity index (χ2n) is 8.93. The normalized spacial score (nSPS) is 15.8. The first kappa shape index (κ1) is 19.5. The Bertz CT molecular complexity index is 1260. The first-order valence-electron chi connectivity index (χ1n) is 10.3. The minimum atomic E-state index is -0.182. The van der Waals surface area contributed by atoms with Crippen molar-refractivity contribution in [2.45, 2.75) is 65.8 Å². The van der Waals surface area contributed by atoms with Crippen molar-refractivity contribution in [3.63, 3.8) is 0 Å². The lowest BCUT2D eigenvalue weighted by molar-refractivity contribution is -0.0379. The molecule has 0 aliphatic carbocycles. The van der Waals surface area contributed by atoms with Gasteiger partial charge in [0.15, 0.2) is 11.5 Å². The molecule has 0 N–H and O–H groups in total. The van der Waals surface area contributed by atoms with Gasteiger partial charge in [-0.15, -0.1) is 16.4 Å². The minimum Gasteiger partial charge on any atom is -0.485 e. The molecule has 0 spiro atoms. The van der Waals surface area contributed by atoms with Gasteiger partial charge in [0.05, 0.1) is 17.6 Å². The lowest BCUT2D eigenvalue weighted by Crippen LogP contribution is -2.31. The highest BCUT2D eigenvalue weighted by Gasteiger charge is 2.30. The number of rotatable bonds is 4. The van der Waals surface area contributed by atoms with Gasteiger partial charge in [0.25, 0.3) is 0 Å². The Morgan fingerprint density at radius 3 is 2.93 bits per heavy atom. The first-order valence-corrected chi connectivity index (χ1v) is 11.1. The topological polar surface area (TPSA) is 61.5 Å². The molecule has 3 aromatic heterocycles. The standard InChI is InChI=1S/C23H26N4O2S/c1-13(2)15-7-6-14(3)8-17(15)28-11-19-25-21-20-16-9-23(4,5)29-10-18(16)30-22(20)24-12-27(21)26-19/h6-8,12-13H,9-11H2,1-5H3. The Hall–Kier alpha value is -2.51. The van der Waals surface area contributed by atoms with Crippen LogP contribution in [0.4, 0.5) is 0 Å². The summed E-state index contributed by atoms with van der Waals surface area (Å²) >= 11 is 1.69. The molecular weight excluding hydrogens is 396 g/mol. The molecule has 4 heterocycles. The number of aromatic nitrogens is 4. The van der Waals surface area contributed by atoms with Gasteiger partial charge in [-0.05, 0) is 49.4 Å². The molecular formula is C23H26N4O2S. The minimum absolute atomic E-state index is 0.182. The van der Waals surface area contributed by atoms with E-state index in [9.17, 15) is 0 Å². The van der Waals surface area contributed by atoms with Crippen molar-refractivity contribution >= 4 is 27.2 Å². The van der Waals surface area contributed by atoms with E-state index in [1.165, 1.54) is 21.6 Å². The van der Waals surface area contributed by atoms with E-state index in [1.54, 1.807) is 22.2 Å². The average Bonchev–Trinajstić information content (AvgIpc) is 3.25. The highest BCUT2D eigenvalue weighted by molar-refractivity contribution is 7.19. The number of nitrogens with zero attached hydrogens (tertiary/aromatic N) is 4. The van der Waals surface area contributed by atoms with Crippen LogP contribution in [0, 0.1) is 6.92 Å². The van der Waals surface area contributed by atoms with Crippen molar-refractivity contribution in [3.8, 4) is 5.75 Å². The zero-order valence-electron chi connectivity index (χ0n) is 18.0. The maximum Gasteiger partial charge on any atom is 0.189 e. The number of aryl methyl sites for hydroxylation is 1. The zero-order chi connectivity index (χ0) is 21.0. The van der Waals surface area contributed by atoms with Crippen LogP contribution in [0.5, 0.6) is 5.75 Å². The molecule has 0 unspecified atom stereocenters. The molecule has 0 radical (unpaired) electrons. The van der Waals surface area contributed by atoms with Crippen molar-refractivity contribution in [1.29, 1.82) is 0 Å². The molecule has 30 heavy (non-hydrogen) atoms. The van der Waals surface area contributed by atoms with E-state index in [4.69, 9.17) is 14.5 Å². The number of thiophene rings is 1. The van der Waals surface area contributed by atoms with E-state index in [1.807, 2.05) is 0 Å². The fourth-order valence-electron chi connectivity index (χ4n) is 4.03. The predicted molar refractivity (Wildman–Crippen MR) is 118 cm³/mol. The first-order chi connectivity index (χ1) is 14.3. The van der Waals surface area contributed by atoms with E-state index in [2.05, 4.69) is 62.9 Å². The summed E-state index contributed by atoms with van der Waals surface area (Å²) in [6.07, 6.45) is 2.59. The Balaban J connectivity index is 1.51. The van der Waals surface area contributed by atoms with Crippen LogP contribution in [0.25, 0.3) is 15.9 Å². The van der Waals surface area contributed by atoms with E-state index >= 15 is 0 Å². The number of fused-ring (bicyclic) bond motifs is 5. The van der Waals surface area contributed by atoms with Crippen LogP contribution >= 0.6 is 11.3 Å². The van der Waals surface area contributed by atoms with Crippen LogP contribution in [0.1, 0.15) is 61.0 Å². The molecule has 0 atom stereocenters. The van der Waals surface area contributed by atoms with Crippen molar-refractivity contribution in [2.75, 3.05) is 0 Å². The number of hydrogen-bond donors (Lipinski definition) is 0. The summed E-state index contributed by atoms with van der Waals surface area (Å²) in [6, 6.07) is 6.35. The SMILES string of the molecule is Cc1ccc(C(C)C)c(OCc2nc3c4c5c(sc4ncn3n2)COC(C)(C)C5)c1. The highest BCUT2D eigenvalue weighted by Crippen LogP contribution is 2.39. The van der Waals surface area contributed by atoms with E-state index in [0.717, 1.165) is 28.0 Å². The molecule has 1 aliphatic rings. The number of benzene rings is 1. The molecule has 0 bridgehead atoms. The van der Waals surface area contributed by atoms with Crippen molar-refractivity contribution in [3.05, 3.63) is 51.9 Å². The van der Waals surface area contributed by atoms with Gasteiger partial charge in [-0.25, -0.2) is 14.5 Å². The highest BCUT2D eigenvalue weighted by atomic mass is 32.1. The van der Waals surface area contributed by atoms with Gasteiger partial charge in [0, 0.05) is 11.3 Å². The monoisotopic (exact) mass is 422 g/mol. The summed E-state index contributed by atoms with van der Waals surface area (Å²) < 4.78 is 13.9. The lowest BCUT2D eigenvalue weighted by atomic mass is 9.94. The summed E-state index contributed by atoms with van der Waals surface area (Å²) in [5, 5.41) is 5.73. The number of hydrogen-bond acceptors (Lipinski definition) is 6. The molecule has 1 aliphatic heterocycles. The van der Waals surface area contributed by atoms with Gasteiger partial charge in [0.1, 0.15) is 23.5 Å². The van der Waals surface area contributed by atoms with Gasteiger partial charge < -0.3 is 9.47 Å². The Labute approximate surface area is 179 Å². The summed E-state index contributed by atoms with van der Waals surface area (Å²) in [5.41, 5.74) is 4.34. The fraction of sp³-hybridized carbons (Fsp3) is 0.435. The predicted octanol–water partition coefficient (Wildman–Crippen LogP) is 5.20. The third-order valence-corrected chi connectivity index (χ3v) is 6.71. The van der Waals surface area contributed by atoms with E-state index in [-0.39, 0.29) is 5.60 Å². The summed E-state index contributed by atoms with van der Waals surface area (Å²) in [6.45, 7) is 11.6. The summed E-state index contributed by atoms with van der Waals surface area (Å²) in [4.78, 5) is 11.7. The van der Waals surface area contributed by atoms with Crippen LogP contribution in [0.3, 0.4) is 0 Å². The van der Waals surface area contributed by atoms with Gasteiger partial charge in [0.2, 0.25) is 0 Å². The van der Waals surface area contributed by atoms with Gasteiger partial charge in [-0.1, -0.05) is 26.0 Å². The van der Waals surface area contributed by atoms with E-state index < -0.39 is 0 Å². The third kappa shape index (κ3) is 3.36. The zero-order valence-corrected chi connectivity index (χ0v) is 18.8. The molecule has 0 saturated carbocycles. The van der Waals surface area contributed by atoms with Crippen molar-refractivity contribution in [1.82, 2.24) is 19.6 Å².